The molecular weight excluding hydrogens is 365 g/mol. The molecular formula is C23H32FN5. The van der Waals surface area contributed by atoms with Gasteiger partial charge in [-0.05, 0) is 37.1 Å². The van der Waals surface area contributed by atoms with Crippen molar-refractivity contribution in [3.8, 4) is 0 Å². The number of nitrogens with one attached hydrogen (secondary N) is 3. The van der Waals surface area contributed by atoms with Crippen molar-refractivity contribution in [3.05, 3.63) is 71.1 Å². The van der Waals surface area contributed by atoms with E-state index in [0.29, 0.717) is 17.8 Å². The maximum absolute atomic E-state index is 14.8. The van der Waals surface area contributed by atoms with Crippen molar-refractivity contribution in [2.75, 3.05) is 39.3 Å². The molecule has 0 amide bonds. The fourth-order valence-electron chi connectivity index (χ4n) is 3.56. The molecule has 1 aliphatic carbocycles. The number of rotatable bonds is 7. The van der Waals surface area contributed by atoms with Crippen molar-refractivity contribution in [1.29, 1.82) is 0 Å². The van der Waals surface area contributed by atoms with Crippen LogP contribution in [0.3, 0.4) is 0 Å². The molecule has 2 heterocycles. The van der Waals surface area contributed by atoms with Crippen LogP contribution in [0.15, 0.2) is 76.1 Å². The summed E-state index contributed by atoms with van der Waals surface area (Å²) in [7, 11) is 0. The number of allylic oxidation sites excluding steroid dienone is 5. The van der Waals surface area contributed by atoms with Gasteiger partial charge in [0.05, 0.1) is 17.1 Å². The van der Waals surface area contributed by atoms with Crippen molar-refractivity contribution >= 4 is 5.71 Å². The van der Waals surface area contributed by atoms with Gasteiger partial charge in [0, 0.05) is 57.2 Å². The van der Waals surface area contributed by atoms with E-state index < -0.39 is 0 Å². The Bertz CT molecular complexity index is 792. The van der Waals surface area contributed by atoms with Gasteiger partial charge in [-0.25, -0.2) is 4.39 Å². The molecule has 0 aromatic rings. The van der Waals surface area contributed by atoms with Crippen LogP contribution in [-0.4, -0.2) is 49.9 Å². The average molecular weight is 398 g/mol. The second kappa shape index (κ2) is 10.8. The van der Waals surface area contributed by atoms with E-state index >= 15 is 0 Å². The second-order valence-corrected chi connectivity index (χ2v) is 7.26. The highest BCUT2D eigenvalue weighted by atomic mass is 19.1. The third-order valence-corrected chi connectivity index (χ3v) is 5.04. The standard InChI is InChI=1S/C23H32FN5/c1-3-5-6-19-20(24)14-18(15-21(19)27-8-4-2)16-28-22-17-26-9-7-23(22)29-12-10-25-11-13-29/h4,6-8,14-15,17,25-26,28H,3,5,9-13,16H2,1-2H3/b8-4-,19-6+,27-21-. The fourth-order valence-corrected chi connectivity index (χ4v) is 3.56. The van der Waals surface area contributed by atoms with Gasteiger partial charge in [-0.15, -0.1) is 0 Å². The van der Waals surface area contributed by atoms with Gasteiger partial charge in [-0.3, -0.25) is 4.99 Å². The molecule has 0 radical (unpaired) electrons. The minimum absolute atomic E-state index is 0.213. The maximum Gasteiger partial charge on any atom is 0.132 e. The molecule has 6 heteroatoms. The lowest BCUT2D eigenvalue weighted by Gasteiger charge is -2.34. The molecule has 0 unspecified atom stereocenters. The zero-order valence-electron chi connectivity index (χ0n) is 17.5. The van der Waals surface area contributed by atoms with E-state index in [2.05, 4.69) is 38.8 Å². The van der Waals surface area contributed by atoms with Crippen LogP contribution in [0.25, 0.3) is 0 Å². The second-order valence-electron chi connectivity index (χ2n) is 7.26. The SMILES string of the molecule is C\C=C/N=C1/C=C(CNC2=CNCC=C2N2CCNCC2)C=C(F)/C1=C\CCC. The summed E-state index contributed by atoms with van der Waals surface area (Å²) in [5.74, 6) is -0.213. The summed E-state index contributed by atoms with van der Waals surface area (Å²) in [5, 5.41) is 10.2. The highest BCUT2D eigenvalue weighted by Crippen LogP contribution is 2.24. The molecule has 2 aliphatic heterocycles. The van der Waals surface area contributed by atoms with Crippen molar-refractivity contribution in [3.63, 3.8) is 0 Å². The first-order chi connectivity index (χ1) is 14.2. The molecule has 3 N–H and O–H groups in total. The van der Waals surface area contributed by atoms with Crippen LogP contribution in [0.5, 0.6) is 0 Å². The van der Waals surface area contributed by atoms with Gasteiger partial charge in [0.25, 0.3) is 0 Å². The van der Waals surface area contributed by atoms with Crippen LogP contribution in [-0.2, 0) is 0 Å². The van der Waals surface area contributed by atoms with Gasteiger partial charge in [0.15, 0.2) is 0 Å². The Hall–Kier alpha value is -2.60. The molecule has 0 spiro atoms. The Morgan fingerprint density at radius 1 is 1.28 bits per heavy atom. The van der Waals surface area contributed by atoms with Gasteiger partial charge in [0.1, 0.15) is 5.83 Å². The Balaban J connectivity index is 1.72. The first kappa shape index (κ1) is 21.1. The van der Waals surface area contributed by atoms with Gasteiger partial charge in [-0.2, -0.15) is 0 Å². The summed E-state index contributed by atoms with van der Waals surface area (Å²) in [5.41, 5.74) is 4.42. The van der Waals surface area contributed by atoms with Gasteiger partial charge < -0.3 is 20.9 Å². The molecule has 1 fully saturated rings. The third kappa shape index (κ3) is 5.70. The molecule has 0 aromatic heterocycles. The molecule has 156 valence electrons. The Kier molecular flexibility index (Phi) is 7.87. The number of nitrogens with zero attached hydrogens (tertiary/aromatic N) is 2. The van der Waals surface area contributed by atoms with Crippen molar-refractivity contribution in [2.45, 2.75) is 26.7 Å². The Morgan fingerprint density at radius 2 is 2.10 bits per heavy atom. The van der Waals surface area contributed by atoms with Crippen LogP contribution in [0.2, 0.25) is 0 Å². The van der Waals surface area contributed by atoms with E-state index in [1.54, 1.807) is 12.3 Å². The van der Waals surface area contributed by atoms with Gasteiger partial charge >= 0.3 is 0 Å². The van der Waals surface area contributed by atoms with Crippen molar-refractivity contribution in [1.82, 2.24) is 20.9 Å². The van der Waals surface area contributed by atoms with E-state index in [4.69, 9.17) is 0 Å². The molecule has 3 aliphatic rings. The number of aliphatic imine (C=N–C) groups is 1. The van der Waals surface area contributed by atoms with Crippen LogP contribution in [0, 0.1) is 0 Å². The molecule has 29 heavy (non-hydrogen) atoms. The fraction of sp³-hybridized carbons (Fsp3) is 0.435. The number of dihydropyridines is 1. The summed E-state index contributed by atoms with van der Waals surface area (Å²) >= 11 is 0. The molecule has 0 atom stereocenters. The molecule has 0 aromatic carbocycles. The highest BCUT2D eigenvalue weighted by molar-refractivity contribution is 6.13. The number of unbranched alkanes of at least 4 members (excludes halogenated alkanes) is 1. The molecule has 0 saturated carbocycles. The van der Waals surface area contributed by atoms with Gasteiger partial charge in [-0.1, -0.05) is 25.5 Å². The maximum atomic E-state index is 14.8. The summed E-state index contributed by atoms with van der Waals surface area (Å²) in [4.78, 5) is 6.84. The first-order valence-corrected chi connectivity index (χ1v) is 10.5. The van der Waals surface area contributed by atoms with E-state index in [0.717, 1.165) is 56.8 Å². The number of halogens is 1. The normalized spacial score (nSPS) is 22.9. The Labute approximate surface area is 173 Å². The average Bonchev–Trinajstić information content (AvgIpc) is 2.76. The van der Waals surface area contributed by atoms with Crippen LogP contribution < -0.4 is 16.0 Å². The predicted molar refractivity (Wildman–Crippen MR) is 119 cm³/mol. The van der Waals surface area contributed by atoms with E-state index in [1.807, 2.05) is 31.4 Å². The number of hydrogen-bond acceptors (Lipinski definition) is 5. The van der Waals surface area contributed by atoms with Crippen LogP contribution in [0.4, 0.5) is 4.39 Å². The number of hydrogen-bond donors (Lipinski definition) is 3. The van der Waals surface area contributed by atoms with Gasteiger partial charge in [0.2, 0.25) is 0 Å². The molecule has 3 rings (SSSR count). The smallest absolute Gasteiger partial charge is 0.132 e. The largest absolute Gasteiger partial charge is 0.386 e. The summed E-state index contributed by atoms with van der Waals surface area (Å²) in [6, 6.07) is 0. The summed E-state index contributed by atoms with van der Waals surface area (Å²) < 4.78 is 14.8. The van der Waals surface area contributed by atoms with E-state index in [9.17, 15) is 4.39 Å². The summed E-state index contributed by atoms with van der Waals surface area (Å²) in [6.45, 7) is 9.34. The molecule has 1 saturated heterocycles. The lowest BCUT2D eigenvalue weighted by atomic mass is 9.97. The lowest BCUT2D eigenvalue weighted by Crippen LogP contribution is -2.45. The van der Waals surface area contributed by atoms with E-state index in [-0.39, 0.29) is 5.83 Å². The molecule has 5 nitrogen and oxygen atoms in total. The Morgan fingerprint density at radius 3 is 2.86 bits per heavy atom. The quantitative estimate of drug-likeness (QED) is 0.617. The highest BCUT2D eigenvalue weighted by Gasteiger charge is 2.20. The zero-order valence-corrected chi connectivity index (χ0v) is 17.5. The summed E-state index contributed by atoms with van der Waals surface area (Å²) in [6.07, 6.45) is 15.2. The third-order valence-electron chi connectivity index (χ3n) is 5.04. The topological polar surface area (TPSA) is 51.7 Å². The van der Waals surface area contributed by atoms with Crippen molar-refractivity contribution < 1.29 is 4.39 Å². The number of piperazine rings is 1. The van der Waals surface area contributed by atoms with Crippen LogP contribution in [0.1, 0.15) is 26.7 Å². The minimum atomic E-state index is -0.213. The lowest BCUT2D eigenvalue weighted by molar-refractivity contribution is 0.299. The van der Waals surface area contributed by atoms with E-state index in [1.165, 1.54) is 5.70 Å². The monoisotopic (exact) mass is 397 g/mol. The zero-order chi connectivity index (χ0) is 20.5. The molecule has 0 bridgehead atoms. The van der Waals surface area contributed by atoms with Crippen molar-refractivity contribution in [2.24, 2.45) is 4.99 Å². The predicted octanol–water partition coefficient (Wildman–Crippen LogP) is 3.30. The first-order valence-electron chi connectivity index (χ1n) is 10.5. The van der Waals surface area contributed by atoms with Crippen LogP contribution >= 0.6 is 0 Å². The minimum Gasteiger partial charge on any atom is -0.386 e.